The van der Waals surface area contributed by atoms with Crippen LogP contribution in [0.3, 0.4) is 0 Å². The van der Waals surface area contributed by atoms with Gasteiger partial charge in [0.1, 0.15) is 18.0 Å². The molecule has 0 spiro atoms. The first-order chi connectivity index (χ1) is 16.5. The lowest BCUT2D eigenvalue weighted by Gasteiger charge is -2.13. The van der Waals surface area contributed by atoms with Crippen LogP contribution in [0.15, 0.2) is 70.5 Å². The number of hydrogen-bond donors (Lipinski definition) is 1. The molecule has 4 rings (SSSR count). The maximum atomic E-state index is 13.3. The number of methoxy groups -OCH3 is 1. The third kappa shape index (κ3) is 4.80. The Balaban J connectivity index is 1.68. The van der Waals surface area contributed by atoms with E-state index in [4.69, 9.17) is 9.47 Å². The molecule has 0 saturated carbocycles. The molecule has 2 heterocycles. The zero-order valence-electron chi connectivity index (χ0n) is 18.7. The summed E-state index contributed by atoms with van der Waals surface area (Å²) in [5, 5.41) is 2.74. The molecule has 0 aliphatic carbocycles. The van der Waals surface area contributed by atoms with Gasteiger partial charge in [-0.2, -0.15) is 0 Å². The molecule has 1 N–H and O–H groups in total. The lowest BCUT2D eigenvalue weighted by atomic mass is 10.2. The topological polar surface area (TPSA) is 117 Å². The van der Waals surface area contributed by atoms with Crippen LogP contribution >= 0.6 is 0 Å². The summed E-state index contributed by atoms with van der Waals surface area (Å²) < 4.78 is 12.8. The number of carbonyl (C=O) groups is 1. The van der Waals surface area contributed by atoms with E-state index in [-0.39, 0.29) is 24.3 Å². The van der Waals surface area contributed by atoms with Gasteiger partial charge in [-0.15, -0.1) is 0 Å². The Morgan fingerprint density at radius 1 is 1.00 bits per heavy atom. The van der Waals surface area contributed by atoms with Crippen LogP contribution in [-0.4, -0.2) is 38.7 Å². The van der Waals surface area contributed by atoms with Gasteiger partial charge in [0.2, 0.25) is 5.91 Å². The van der Waals surface area contributed by atoms with Crippen LogP contribution < -0.4 is 26.0 Å². The van der Waals surface area contributed by atoms with Crippen molar-refractivity contribution in [2.45, 2.75) is 20.0 Å². The van der Waals surface area contributed by atoms with Gasteiger partial charge in [-0.3, -0.25) is 18.7 Å². The maximum Gasteiger partial charge on any atom is 0.333 e. The van der Waals surface area contributed by atoms with Crippen molar-refractivity contribution in [1.82, 2.24) is 19.1 Å². The van der Waals surface area contributed by atoms with Gasteiger partial charge in [0.05, 0.1) is 20.3 Å². The average Bonchev–Trinajstić information content (AvgIpc) is 2.86. The highest BCUT2D eigenvalue weighted by atomic mass is 16.5. The number of nitrogens with zero attached hydrogens (tertiary/aromatic N) is 4. The molecule has 10 heteroatoms. The second kappa shape index (κ2) is 9.99. The molecule has 0 bridgehead atoms. The van der Waals surface area contributed by atoms with Crippen molar-refractivity contribution in [3.8, 4) is 11.5 Å². The van der Waals surface area contributed by atoms with E-state index in [1.54, 1.807) is 48.5 Å². The highest BCUT2D eigenvalue weighted by molar-refractivity contribution is 5.91. The van der Waals surface area contributed by atoms with Gasteiger partial charge in [-0.05, 0) is 48.9 Å². The fourth-order valence-electron chi connectivity index (χ4n) is 3.51. The molecule has 4 aromatic rings. The van der Waals surface area contributed by atoms with Gasteiger partial charge in [-0.25, -0.2) is 14.8 Å². The molecule has 0 radical (unpaired) electrons. The molecule has 0 saturated heterocycles. The maximum absolute atomic E-state index is 13.3. The fraction of sp³-hybridized carbons (Fsp3) is 0.208. The van der Waals surface area contributed by atoms with E-state index >= 15 is 0 Å². The normalized spacial score (nSPS) is 10.8. The first-order valence-corrected chi connectivity index (χ1v) is 10.6. The van der Waals surface area contributed by atoms with Crippen molar-refractivity contribution >= 4 is 22.8 Å². The molecular weight excluding hydrogens is 438 g/mol. The highest BCUT2D eigenvalue weighted by Gasteiger charge is 2.18. The predicted molar refractivity (Wildman–Crippen MR) is 126 cm³/mol. The quantitative estimate of drug-likeness (QED) is 0.427. The van der Waals surface area contributed by atoms with Crippen molar-refractivity contribution < 1.29 is 14.3 Å². The van der Waals surface area contributed by atoms with Crippen molar-refractivity contribution in [1.29, 1.82) is 0 Å². The molecule has 0 aliphatic rings. The summed E-state index contributed by atoms with van der Waals surface area (Å²) in [7, 11) is 1.53. The molecule has 2 aromatic heterocycles. The number of fused-ring (bicyclic) bond motifs is 1. The Kier molecular flexibility index (Phi) is 6.67. The minimum atomic E-state index is -0.664. The lowest BCUT2D eigenvalue weighted by molar-refractivity contribution is -0.116. The Hall–Kier alpha value is -4.47. The molecular formula is C24H23N5O5. The van der Waals surface area contributed by atoms with Gasteiger partial charge in [0.15, 0.2) is 11.2 Å². The molecule has 0 atom stereocenters. The van der Waals surface area contributed by atoms with E-state index in [1.807, 2.05) is 6.92 Å². The summed E-state index contributed by atoms with van der Waals surface area (Å²) >= 11 is 0. The third-order valence-corrected chi connectivity index (χ3v) is 5.07. The summed E-state index contributed by atoms with van der Waals surface area (Å²) in [6.07, 6.45) is 2.74. The van der Waals surface area contributed by atoms with Gasteiger partial charge in [0.25, 0.3) is 5.56 Å². The van der Waals surface area contributed by atoms with Crippen LogP contribution in [0.4, 0.5) is 5.69 Å². The highest BCUT2D eigenvalue weighted by Crippen LogP contribution is 2.16. The van der Waals surface area contributed by atoms with Crippen LogP contribution in [0.5, 0.6) is 11.5 Å². The van der Waals surface area contributed by atoms with Gasteiger partial charge >= 0.3 is 5.69 Å². The largest absolute Gasteiger partial charge is 0.497 e. The van der Waals surface area contributed by atoms with E-state index in [1.165, 1.54) is 19.5 Å². The number of amides is 1. The SMILES string of the molecule is CCOc1ccc(NC(=O)Cn2c(=O)n(Cc3cccc(OC)c3)c(=O)c3nccnc32)cc1. The monoisotopic (exact) mass is 461 g/mol. The number of benzene rings is 2. The van der Waals surface area contributed by atoms with Crippen LogP contribution in [0, 0.1) is 0 Å². The summed E-state index contributed by atoms with van der Waals surface area (Å²) in [6.45, 7) is 2.06. The van der Waals surface area contributed by atoms with Crippen molar-refractivity contribution in [3.63, 3.8) is 0 Å². The van der Waals surface area contributed by atoms with Crippen molar-refractivity contribution in [3.05, 3.63) is 87.3 Å². The minimum absolute atomic E-state index is 0.00105. The Morgan fingerprint density at radius 2 is 1.76 bits per heavy atom. The van der Waals surface area contributed by atoms with E-state index in [0.29, 0.717) is 29.4 Å². The number of carbonyl (C=O) groups excluding carboxylic acids is 1. The van der Waals surface area contributed by atoms with Gasteiger partial charge in [0, 0.05) is 18.1 Å². The predicted octanol–water partition coefficient (Wildman–Crippen LogP) is 2.05. The average molecular weight is 461 g/mol. The summed E-state index contributed by atoms with van der Waals surface area (Å²) in [4.78, 5) is 47.3. The molecule has 10 nitrogen and oxygen atoms in total. The number of anilines is 1. The van der Waals surface area contributed by atoms with Gasteiger partial charge < -0.3 is 14.8 Å². The molecule has 0 aliphatic heterocycles. The molecule has 0 unspecified atom stereocenters. The number of nitrogens with one attached hydrogen (secondary N) is 1. The van der Waals surface area contributed by atoms with Gasteiger partial charge in [-0.1, -0.05) is 12.1 Å². The van der Waals surface area contributed by atoms with E-state index < -0.39 is 17.2 Å². The number of hydrogen-bond acceptors (Lipinski definition) is 7. The molecule has 174 valence electrons. The smallest absolute Gasteiger partial charge is 0.333 e. The molecule has 0 fully saturated rings. The molecule has 1 amide bonds. The first kappa shape index (κ1) is 22.7. The van der Waals surface area contributed by atoms with E-state index in [0.717, 1.165) is 9.13 Å². The molecule has 34 heavy (non-hydrogen) atoms. The summed E-state index contributed by atoms with van der Waals surface area (Å²) in [5.74, 6) is 0.827. The third-order valence-electron chi connectivity index (χ3n) is 5.07. The second-order valence-corrected chi connectivity index (χ2v) is 7.35. The first-order valence-electron chi connectivity index (χ1n) is 10.6. The van der Waals surface area contributed by atoms with Crippen LogP contribution in [0.1, 0.15) is 12.5 Å². The Morgan fingerprint density at radius 3 is 2.50 bits per heavy atom. The zero-order chi connectivity index (χ0) is 24.1. The number of rotatable bonds is 8. The van der Waals surface area contributed by atoms with Crippen molar-refractivity contribution in [2.75, 3.05) is 19.0 Å². The Labute approximate surface area is 194 Å². The summed E-state index contributed by atoms with van der Waals surface area (Å²) in [6, 6.07) is 13.9. The lowest BCUT2D eigenvalue weighted by Crippen LogP contribution is -2.42. The van der Waals surface area contributed by atoms with Crippen molar-refractivity contribution in [2.24, 2.45) is 0 Å². The van der Waals surface area contributed by atoms with E-state index in [2.05, 4.69) is 15.3 Å². The second-order valence-electron chi connectivity index (χ2n) is 7.35. The standard InChI is InChI=1S/C24H23N5O5/c1-3-34-18-9-7-17(8-10-18)27-20(30)15-28-22-21(25-11-12-26-22)23(31)29(24(28)32)14-16-5-4-6-19(13-16)33-2/h4-13H,3,14-15H2,1-2H3,(H,27,30). The van der Waals surface area contributed by atoms with Crippen LogP contribution in [0.2, 0.25) is 0 Å². The minimum Gasteiger partial charge on any atom is -0.497 e. The zero-order valence-corrected chi connectivity index (χ0v) is 18.7. The molecule has 2 aromatic carbocycles. The fourth-order valence-corrected chi connectivity index (χ4v) is 3.51. The number of aromatic nitrogens is 4. The van der Waals surface area contributed by atoms with E-state index in [9.17, 15) is 14.4 Å². The number of ether oxygens (including phenoxy) is 2. The summed E-state index contributed by atoms with van der Waals surface area (Å²) in [5.41, 5.74) is 0.0237. The van der Waals surface area contributed by atoms with Crippen LogP contribution in [0.25, 0.3) is 11.2 Å². The Bertz CT molecular complexity index is 1440. The van der Waals surface area contributed by atoms with Crippen LogP contribution in [-0.2, 0) is 17.9 Å².